The van der Waals surface area contributed by atoms with Crippen LogP contribution in [0.3, 0.4) is 0 Å². The van der Waals surface area contributed by atoms with E-state index in [0.717, 1.165) is 39.8 Å². The number of amides is 1. The Balaban J connectivity index is 1.56. The molecule has 120 valence electrons. The number of unbranched alkanes of at least 4 members (excludes halogenated alkanes) is 1. The van der Waals surface area contributed by atoms with E-state index in [0.29, 0.717) is 5.13 Å². The lowest BCUT2D eigenvalue weighted by molar-refractivity contribution is -0.115. The van der Waals surface area contributed by atoms with Crippen LogP contribution in [0.1, 0.15) is 30.5 Å². The molecule has 0 aliphatic heterocycles. The fourth-order valence-corrected chi connectivity index (χ4v) is 4.39. The molecular weight excluding hydrogens is 348 g/mol. The largest absolute Gasteiger partial charge is 0.300 e. The number of thiazole rings is 1. The van der Waals surface area contributed by atoms with Crippen molar-refractivity contribution < 1.29 is 4.79 Å². The van der Waals surface area contributed by atoms with E-state index in [9.17, 15) is 4.79 Å². The first-order valence-electron chi connectivity index (χ1n) is 7.35. The van der Waals surface area contributed by atoms with Crippen LogP contribution in [-0.2, 0) is 17.6 Å². The molecule has 0 atom stereocenters. The van der Waals surface area contributed by atoms with Crippen LogP contribution in [0, 0.1) is 0 Å². The summed E-state index contributed by atoms with van der Waals surface area (Å²) in [6.45, 7) is 2.14. The predicted octanol–water partition coefficient (Wildman–Crippen LogP) is 4.25. The molecule has 23 heavy (non-hydrogen) atoms. The summed E-state index contributed by atoms with van der Waals surface area (Å²) < 4.78 is 0. The maximum atomic E-state index is 12.1. The van der Waals surface area contributed by atoms with Gasteiger partial charge in [0.1, 0.15) is 10.0 Å². The highest BCUT2D eigenvalue weighted by Gasteiger charge is 2.12. The molecule has 0 aromatic carbocycles. The van der Waals surface area contributed by atoms with Crippen molar-refractivity contribution in [2.45, 2.75) is 32.6 Å². The summed E-state index contributed by atoms with van der Waals surface area (Å²) in [6.07, 6.45) is 3.39. The van der Waals surface area contributed by atoms with Gasteiger partial charge in [0, 0.05) is 11.8 Å². The monoisotopic (exact) mass is 364 g/mol. The summed E-state index contributed by atoms with van der Waals surface area (Å²) in [5, 5.41) is 17.4. The van der Waals surface area contributed by atoms with E-state index in [4.69, 9.17) is 0 Å². The van der Waals surface area contributed by atoms with Gasteiger partial charge in [-0.15, -0.1) is 32.9 Å². The number of thiophene rings is 1. The van der Waals surface area contributed by atoms with Gasteiger partial charge in [-0.05, 0) is 17.9 Å². The summed E-state index contributed by atoms with van der Waals surface area (Å²) in [6, 6.07) is 4.03. The topological polar surface area (TPSA) is 67.8 Å². The van der Waals surface area contributed by atoms with E-state index in [-0.39, 0.29) is 12.3 Å². The molecule has 8 heteroatoms. The van der Waals surface area contributed by atoms with Crippen LogP contribution in [0.4, 0.5) is 5.13 Å². The molecule has 0 spiro atoms. The van der Waals surface area contributed by atoms with Crippen molar-refractivity contribution in [1.82, 2.24) is 15.2 Å². The van der Waals surface area contributed by atoms with E-state index in [1.165, 1.54) is 11.3 Å². The number of carbonyl (C=O) groups excluding carboxylic acids is 1. The highest BCUT2D eigenvalue weighted by molar-refractivity contribution is 7.20. The number of rotatable bonds is 7. The Kier molecular flexibility index (Phi) is 5.47. The van der Waals surface area contributed by atoms with Crippen LogP contribution in [0.15, 0.2) is 22.9 Å². The van der Waals surface area contributed by atoms with Gasteiger partial charge in [-0.1, -0.05) is 30.7 Å². The molecule has 0 aliphatic rings. The highest BCUT2D eigenvalue weighted by atomic mass is 32.1. The average Bonchev–Trinajstić information content (AvgIpc) is 3.26. The van der Waals surface area contributed by atoms with E-state index in [1.54, 1.807) is 22.7 Å². The molecule has 3 rings (SSSR count). The minimum absolute atomic E-state index is 0.105. The number of hydrogen-bond donors (Lipinski definition) is 1. The van der Waals surface area contributed by atoms with Crippen molar-refractivity contribution in [3.8, 4) is 9.88 Å². The van der Waals surface area contributed by atoms with Gasteiger partial charge in [-0.25, -0.2) is 4.98 Å². The maximum absolute atomic E-state index is 12.1. The van der Waals surface area contributed by atoms with Gasteiger partial charge in [0.2, 0.25) is 11.0 Å². The van der Waals surface area contributed by atoms with Gasteiger partial charge in [0.25, 0.3) is 0 Å². The minimum atomic E-state index is -0.105. The Morgan fingerprint density at radius 3 is 3.00 bits per heavy atom. The number of carbonyl (C=O) groups is 1. The molecule has 3 aromatic rings. The number of nitrogens with one attached hydrogen (secondary N) is 1. The zero-order chi connectivity index (χ0) is 16.1. The molecule has 0 fully saturated rings. The van der Waals surface area contributed by atoms with Gasteiger partial charge < -0.3 is 5.32 Å². The third-order valence-electron chi connectivity index (χ3n) is 3.08. The molecule has 3 aromatic heterocycles. The zero-order valence-electron chi connectivity index (χ0n) is 12.6. The summed E-state index contributed by atoms with van der Waals surface area (Å²) in [5.74, 6) is -0.105. The summed E-state index contributed by atoms with van der Waals surface area (Å²) in [5.41, 5.74) is 0.784. The van der Waals surface area contributed by atoms with E-state index in [2.05, 4.69) is 27.4 Å². The highest BCUT2D eigenvalue weighted by Crippen LogP contribution is 2.28. The molecule has 5 nitrogen and oxygen atoms in total. The number of nitrogens with zero attached hydrogens (tertiary/aromatic N) is 3. The standard InChI is InChI=1S/C15H16N4OS3/c1-2-3-6-13-18-19-15(23-13)17-12(20)8-10-9-22-14(16-10)11-5-4-7-21-11/h4-5,7,9H,2-3,6,8H2,1H3,(H,17,19,20). The molecule has 3 heterocycles. The van der Waals surface area contributed by atoms with Gasteiger partial charge in [-0.3, -0.25) is 4.79 Å². The average molecular weight is 365 g/mol. The fourth-order valence-electron chi connectivity index (χ4n) is 1.96. The minimum Gasteiger partial charge on any atom is -0.300 e. The van der Waals surface area contributed by atoms with Crippen molar-refractivity contribution in [2.24, 2.45) is 0 Å². The van der Waals surface area contributed by atoms with E-state index in [1.807, 2.05) is 22.9 Å². The second-order valence-corrected chi connectivity index (χ2v) is 7.82. The van der Waals surface area contributed by atoms with Crippen molar-refractivity contribution in [2.75, 3.05) is 5.32 Å². The smallest absolute Gasteiger partial charge is 0.232 e. The first-order valence-corrected chi connectivity index (χ1v) is 9.92. The lowest BCUT2D eigenvalue weighted by atomic mass is 10.3. The van der Waals surface area contributed by atoms with Crippen LogP contribution in [0.2, 0.25) is 0 Å². The van der Waals surface area contributed by atoms with Gasteiger partial charge >= 0.3 is 0 Å². The Morgan fingerprint density at radius 1 is 1.30 bits per heavy atom. The van der Waals surface area contributed by atoms with Crippen molar-refractivity contribution in [3.05, 3.63) is 33.6 Å². The third-order valence-corrected chi connectivity index (χ3v) is 5.91. The van der Waals surface area contributed by atoms with Crippen molar-refractivity contribution in [1.29, 1.82) is 0 Å². The molecule has 1 N–H and O–H groups in total. The molecule has 0 bridgehead atoms. The Bertz CT molecular complexity index is 763. The predicted molar refractivity (Wildman–Crippen MR) is 96.3 cm³/mol. The quantitative estimate of drug-likeness (QED) is 0.680. The Labute approximate surface area is 146 Å². The van der Waals surface area contributed by atoms with Crippen LogP contribution >= 0.6 is 34.0 Å². The zero-order valence-corrected chi connectivity index (χ0v) is 15.1. The summed E-state index contributed by atoms with van der Waals surface area (Å²) >= 11 is 4.66. The molecule has 0 saturated heterocycles. The molecule has 0 saturated carbocycles. The lowest BCUT2D eigenvalue weighted by Crippen LogP contribution is -2.14. The molecule has 1 amide bonds. The molecular formula is C15H16N4OS3. The summed E-state index contributed by atoms with van der Waals surface area (Å²) in [4.78, 5) is 17.7. The second kappa shape index (κ2) is 7.76. The number of aromatic nitrogens is 3. The van der Waals surface area contributed by atoms with Crippen molar-refractivity contribution >= 4 is 45.0 Å². The third kappa shape index (κ3) is 4.43. The van der Waals surface area contributed by atoms with Crippen LogP contribution < -0.4 is 5.32 Å². The van der Waals surface area contributed by atoms with E-state index < -0.39 is 0 Å². The van der Waals surface area contributed by atoms with Crippen LogP contribution in [-0.4, -0.2) is 21.1 Å². The second-order valence-electron chi connectivity index (χ2n) is 4.95. The molecule has 0 aliphatic carbocycles. The summed E-state index contributed by atoms with van der Waals surface area (Å²) in [7, 11) is 0. The normalized spacial score (nSPS) is 10.8. The maximum Gasteiger partial charge on any atom is 0.232 e. The number of aryl methyl sites for hydroxylation is 1. The van der Waals surface area contributed by atoms with Gasteiger partial charge in [0.15, 0.2) is 0 Å². The Hall–Kier alpha value is -1.64. The Morgan fingerprint density at radius 2 is 2.22 bits per heavy atom. The SMILES string of the molecule is CCCCc1nnc(NC(=O)Cc2csc(-c3cccs3)n2)s1. The molecule has 0 unspecified atom stereocenters. The lowest BCUT2D eigenvalue weighted by Gasteiger charge is -1.98. The van der Waals surface area contributed by atoms with Gasteiger partial charge in [0.05, 0.1) is 17.0 Å². The first kappa shape index (κ1) is 16.2. The first-order chi connectivity index (χ1) is 11.2. The van der Waals surface area contributed by atoms with Crippen LogP contribution in [0.5, 0.6) is 0 Å². The van der Waals surface area contributed by atoms with Gasteiger partial charge in [-0.2, -0.15) is 0 Å². The number of hydrogen-bond acceptors (Lipinski definition) is 7. The van der Waals surface area contributed by atoms with Crippen molar-refractivity contribution in [3.63, 3.8) is 0 Å². The number of anilines is 1. The fraction of sp³-hybridized carbons (Fsp3) is 0.333. The van der Waals surface area contributed by atoms with E-state index >= 15 is 0 Å². The molecule has 0 radical (unpaired) electrons. The van der Waals surface area contributed by atoms with Crippen LogP contribution in [0.25, 0.3) is 9.88 Å².